The second-order valence-electron chi connectivity index (χ2n) is 5.60. The summed E-state index contributed by atoms with van der Waals surface area (Å²) in [5.41, 5.74) is 1.33. The van der Waals surface area contributed by atoms with Crippen LogP contribution in [0, 0.1) is 0 Å². The summed E-state index contributed by atoms with van der Waals surface area (Å²) in [6.45, 7) is 0. The van der Waals surface area contributed by atoms with E-state index in [9.17, 15) is 4.79 Å². The van der Waals surface area contributed by atoms with Crippen LogP contribution < -0.4 is 10.2 Å². The van der Waals surface area contributed by atoms with Gasteiger partial charge < -0.3 is 9.26 Å². The first-order chi connectivity index (χ1) is 13.1. The molecule has 0 fully saturated rings. The number of nitrogens with zero attached hydrogens (tertiary/aromatic N) is 4. The predicted molar refractivity (Wildman–Crippen MR) is 103 cm³/mol. The van der Waals surface area contributed by atoms with Crippen LogP contribution in [0.25, 0.3) is 28.7 Å². The van der Waals surface area contributed by atoms with E-state index in [1.807, 2.05) is 48.5 Å². The summed E-state index contributed by atoms with van der Waals surface area (Å²) < 4.78 is 12.9. The highest BCUT2D eigenvalue weighted by Crippen LogP contribution is 2.21. The summed E-state index contributed by atoms with van der Waals surface area (Å²) in [7, 11) is 1.60. The van der Waals surface area contributed by atoms with Crippen molar-refractivity contribution in [3.8, 4) is 34.4 Å². The maximum atomic E-state index is 12.3. The number of hydrogen-bond donors (Lipinski definition) is 0. The van der Waals surface area contributed by atoms with Crippen LogP contribution in [0.4, 0.5) is 0 Å². The van der Waals surface area contributed by atoms with Crippen LogP contribution in [0.5, 0.6) is 5.75 Å². The standard InChI is InChI=1S/C19H13BrN4O3/c1-26-15-8-6-14(7-9-15)24-11-10-16(25)17(22-24)19-21-18(23-27-19)12-2-4-13(20)5-3-12/h2-11H,1H3. The van der Waals surface area contributed by atoms with Gasteiger partial charge in [0, 0.05) is 22.3 Å². The highest BCUT2D eigenvalue weighted by molar-refractivity contribution is 9.10. The van der Waals surface area contributed by atoms with E-state index in [1.54, 1.807) is 18.0 Å². The average Bonchev–Trinajstić information content (AvgIpc) is 3.19. The van der Waals surface area contributed by atoms with Crippen molar-refractivity contribution in [3.05, 3.63) is 75.5 Å². The number of ether oxygens (including phenoxy) is 1. The molecule has 134 valence electrons. The average molecular weight is 425 g/mol. The Balaban J connectivity index is 1.71. The Labute approximate surface area is 162 Å². The molecule has 0 atom stereocenters. The van der Waals surface area contributed by atoms with Gasteiger partial charge >= 0.3 is 0 Å². The number of rotatable bonds is 4. The van der Waals surface area contributed by atoms with Crippen molar-refractivity contribution in [1.29, 1.82) is 0 Å². The minimum atomic E-state index is -0.300. The monoisotopic (exact) mass is 424 g/mol. The van der Waals surface area contributed by atoms with Crippen molar-refractivity contribution in [1.82, 2.24) is 19.9 Å². The fraction of sp³-hybridized carbons (Fsp3) is 0.0526. The second kappa shape index (κ2) is 7.16. The summed E-state index contributed by atoms with van der Waals surface area (Å²) in [5, 5.41) is 8.30. The fourth-order valence-electron chi connectivity index (χ4n) is 2.47. The van der Waals surface area contributed by atoms with Gasteiger partial charge in [-0.3, -0.25) is 4.79 Å². The van der Waals surface area contributed by atoms with Gasteiger partial charge in [0.2, 0.25) is 11.3 Å². The minimum absolute atomic E-state index is 0.0702. The molecular formula is C19H13BrN4O3. The Hall–Kier alpha value is -3.26. The largest absolute Gasteiger partial charge is 0.497 e. The van der Waals surface area contributed by atoms with Gasteiger partial charge in [0.25, 0.3) is 5.89 Å². The van der Waals surface area contributed by atoms with Crippen LogP contribution >= 0.6 is 15.9 Å². The molecule has 0 N–H and O–H groups in total. The minimum Gasteiger partial charge on any atom is -0.497 e. The van der Waals surface area contributed by atoms with Crippen molar-refractivity contribution < 1.29 is 9.26 Å². The highest BCUT2D eigenvalue weighted by atomic mass is 79.9. The zero-order chi connectivity index (χ0) is 18.8. The van der Waals surface area contributed by atoms with E-state index in [0.29, 0.717) is 5.82 Å². The van der Waals surface area contributed by atoms with E-state index in [-0.39, 0.29) is 17.0 Å². The van der Waals surface area contributed by atoms with Crippen LogP contribution in [-0.2, 0) is 0 Å². The zero-order valence-corrected chi connectivity index (χ0v) is 15.8. The number of hydrogen-bond acceptors (Lipinski definition) is 6. The first kappa shape index (κ1) is 17.2. The topological polar surface area (TPSA) is 83.0 Å². The van der Waals surface area contributed by atoms with Crippen LogP contribution in [-0.4, -0.2) is 27.0 Å². The summed E-state index contributed by atoms with van der Waals surface area (Å²) in [4.78, 5) is 16.6. The first-order valence-corrected chi connectivity index (χ1v) is 8.78. The van der Waals surface area contributed by atoms with Gasteiger partial charge in [0.05, 0.1) is 12.8 Å². The molecule has 27 heavy (non-hydrogen) atoms. The molecule has 0 amide bonds. The van der Waals surface area contributed by atoms with E-state index in [0.717, 1.165) is 21.5 Å². The van der Waals surface area contributed by atoms with Gasteiger partial charge in [0.15, 0.2) is 5.69 Å². The molecule has 0 saturated heterocycles. The number of methoxy groups -OCH3 is 1. The van der Waals surface area contributed by atoms with Crippen molar-refractivity contribution in [2.45, 2.75) is 0 Å². The van der Waals surface area contributed by atoms with Gasteiger partial charge in [-0.25, -0.2) is 4.68 Å². The molecule has 2 heterocycles. The summed E-state index contributed by atoms with van der Waals surface area (Å²) in [6.07, 6.45) is 1.58. The number of benzene rings is 2. The molecule has 8 heteroatoms. The normalized spacial score (nSPS) is 10.7. The van der Waals surface area contributed by atoms with Crippen LogP contribution in [0.3, 0.4) is 0 Å². The Kier molecular flexibility index (Phi) is 4.55. The quantitative estimate of drug-likeness (QED) is 0.496. The van der Waals surface area contributed by atoms with Gasteiger partial charge in [-0.05, 0) is 48.5 Å². The molecule has 0 unspecified atom stereocenters. The molecule has 0 aliphatic heterocycles. The van der Waals surface area contributed by atoms with Crippen molar-refractivity contribution in [3.63, 3.8) is 0 Å². The van der Waals surface area contributed by atoms with Crippen LogP contribution in [0.15, 0.2) is 74.6 Å². The SMILES string of the molecule is COc1ccc(-n2ccc(=O)c(-c3nc(-c4ccc(Br)cc4)no3)n2)cc1. The van der Waals surface area contributed by atoms with Crippen LogP contribution in [0.1, 0.15) is 0 Å². The van der Waals surface area contributed by atoms with E-state index in [4.69, 9.17) is 9.26 Å². The van der Waals surface area contributed by atoms with Crippen LogP contribution in [0.2, 0.25) is 0 Å². The Morgan fingerprint density at radius 2 is 1.78 bits per heavy atom. The maximum absolute atomic E-state index is 12.3. The van der Waals surface area contributed by atoms with Gasteiger partial charge in [-0.2, -0.15) is 10.1 Å². The smallest absolute Gasteiger partial charge is 0.282 e. The Morgan fingerprint density at radius 3 is 2.48 bits per heavy atom. The third kappa shape index (κ3) is 3.52. The fourth-order valence-corrected chi connectivity index (χ4v) is 2.73. The third-order valence-corrected chi connectivity index (χ3v) is 4.40. The zero-order valence-electron chi connectivity index (χ0n) is 14.2. The third-order valence-electron chi connectivity index (χ3n) is 3.88. The molecule has 0 spiro atoms. The Bertz CT molecular complexity index is 1130. The lowest BCUT2D eigenvalue weighted by molar-refractivity contribution is 0.414. The molecule has 2 aromatic carbocycles. The lowest BCUT2D eigenvalue weighted by atomic mass is 10.2. The van der Waals surface area contributed by atoms with E-state index in [1.165, 1.54) is 6.07 Å². The Morgan fingerprint density at radius 1 is 1.04 bits per heavy atom. The van der Waals surface area contributed by atoms with E-state index < -0.39 is 0 Å². The highest BCUT2D eigenvalue weighted by Gasteiger charge is 2.16. The van der Waals surface area contributed by atoms with Gasteiger partial charge in [-0.15, -0.1) is 0 Å². The molecule has 0 radical (unpaired) electrons. The molecule has 4 aromatic rings. The maximum Gasteiger partial charge on any atom is 0.282 e. The number of halogens is 1. The molecule has 0 saturated carbocycles. The summed E-state index contributed by atoms with van der Waals surface area (Å²) in [5.74, 6) is 1.19. The molecular weight excluding hydrogens is 412 g/mol. The molecule has 2 aromatic heterocycles. The van der Waals surface area contributed by atoms with Gasteiger partial charge in [0.1, 0.15) is 5.75 Å². The number of aromatic nitrogens is 4. The molecule has 0 aliphatic rings. The molecule has 0 bridgehead atoms. The van der Waals surface area contributed by atoms with Gasteiger partial charge in [-0.1, -0.05) is 21.1 Å². The van der Waals surface area contributed by atoms with Crippen molar-refractivity contribution in [2.24, 2.45) is 0 Å². The van der Waals surface area contributed by atoms with Crippen molar-refractivity contribution in [2.75, 3.05) is 7.11 Å². The molecule has 0 aliphatic carbocycles. The lowest BCUT2D eigenvalue weighted by Crippen LogP contribution is -2.12. The molecule has 7 nitrogen and oxygen atoms in total. The van der Waals surface area contributed by atoms with Crippen molar-refractivity contribution >= 4 is 15.9 Å². The first-order valence-electron chi connectivity index (χ1n) is 7.98. The predicted octanol–water partition coefficient (Wildman–Crippen LogP) is 3.72. The summed E-state index contributed by atoms with van der Waals surface area (Å²) in [6, 6.07) is 16.2. The van der Waals surface area contributed by atoms with E-state index in [2.05, 4.69) is 31.2 Å². The second-order valence-corrected chi connectivity index (χ2v) is 6.52. The lowest BCUT2D eigenvalue weighted by Gasteiger charge is -2.06. The molecule has 4 rings (SSSR count). The summed E-state index contributed by atoms with van der Waals surface area (Å²) >= 11 is 3.38. The van der Waals surface area contributed by atoms with E-state index >= 15 is 0 Å².